The van der Waals surface area contributed by atoms with Gasteiger partial charge in [0, 0.05) is 12.1 Å². The van der Waals surface area contributed by atoms with E-state index in [2.05, 4.69) is 17.2 Å². The lowest BCUT2D eigenvalue weighted by Crippen LogP contribution is -2.26. The van der Waals surface area contributed by atoms with Crippen LogP contribution in [0.1, 0.15) is 29.6 Å². The van der Waals surface area contributed by atoms with Crippen LogP contribution in [0.15, 0.2) is 59.9 Å². The van der Waals surface area contributed by atoms with Gasteiger partial charge < -0.3 is 15.2 Å². The molecule has 2 heterocycles. The third kappa shape index (κ3) is 5.37. The molecule has 2 aromatic carbocycles. The topological polar surface area (TPSA) is 98.0 Å². The van der Waals surface area contributed by atoms with Crippen molar-refractivity contribution in [2.75, 3.05) is 10.6 Å². The molecule has 8 nitrogen and oxygen atoms in total. The summed E-state index contributed by atoms with van der Waals surface area (Å²) in [7, 11) is 0. The number of alkyl halides is 3. The lowest BCUT2D eigenvalue weighted by molar-refractivity contribution is -0.137. The van der Waals surface area contributed by atoms with Crippen molar-refractivity contribution in [3.63, 3.8) is 0 Å². The van der Waals surface area contributed by atoms with Crippen LogP contribution in [0.25, 0.3) is 16.7 Å². The summed E-state index contributed by atoms with van der Waals surface area (Å²) in [5, 5.41) is 5.27. The predicted octanol–water partition coefficient (Wildman–Crippen LogP) is 5.80. The number of rotatable bonds is 7. The van der Waals surface area contributed by atoms with Gasteiger partial charge in [-0.3, -0.25) is 19.0 Å². The average Bonchev–Trinajstić information content (AvgIpc) is 3.14. The summed E-state index contributed by atoms with van der Waals surface area (Å²) >= 11 is 5.99. The van der Waals surface area contributed by atoms with E-state index in [0.29, 0.717) is 40.3 Å². The molecule has 2 aromatic heterocycles. The first-order chi connectivity index (χ1) is 18.9. The lowest BCUT2D eigenvalue weighted by Gasteiger charge is -2.16. The smallest absolute Gasteiger partial charge is 0.323 e. The number of benzene rings is 2. The molecule has 0 fully saturated rings. The van der Waals surface area contributed by atoms with E-state index in [-0.39, 0.29) is 28.5 Å². The number of halogens is 4. The number of hydrogen-bond donors (Lipinski definition) is 2. The molecule has 0 unspecified atom stereocenters. The van der Waals surface area contributed by atoms with Crippen molar-refractivity contribution in [2.24, 2.45) is 0 Å². The van der Waals surface area contributed by atoms with Gasteiger partial charge in [-0.2, -0.15) is 13.2 Å². The molecule has 4 aromatic rings. The molecular formula is C28H25ClF3N5O3. The minimum Gasteiger partial charge on any atom is -0.323 e. The van der Waals surface area contributed by atoms with Gasteiger partial charge in [0.2, 0.25) is 11.8 Å². The molecule has 2 amide bonds. The molecule has 0 saturated heterocycles. The maximum atomic E-state index is 13.9. The summed E-state index contributed by atoms with van der Waals surface area (Å²) in [6, 6.07) is 9.45. The Labute approximate surface area is 232 Å². The number of nitrogens with one attached hydrogen (secondary N) is 2. The number of amides is 2. The molecular weight excluding hydrogens is 547 g/mol. The quantitative estimate of drug-likeness (QED) is 0.274. The first kappa shape index (κ1) is 28.6. The Hall–Kier alpha value is -4.38. The van der Waals surface area contributed by atoms with Crippen LogP contribution in [0.5, 0.6) is 0 Å². The Bertz CT molecular complexity index is 1720. The summed E-state index contributed by atoms with van der Waals surface area (Å²) in [5.41, 5.74) is 1.03. The summed E-state index contributed by atoms with van der Waals surface area (Å²) in [5.74, 6) is -0.615. The Morgan fingerprint density at radius 2 is 1.80 bits per heavy atom. The van der Waals surface area contributed by atoms with Gasteiger partial charge in [0.05, 0.1) is 33.0 Å². The molecule has 4 rings (SSSR count). The van der Waals surface area contributed by atoms with Crippen LogP contribution >= 0.6 is 11.6 Å². The SMILES string of the molecule is C=CC(=O)Nc1ccccc1-n1c(CC)nc2c(c(C)c(C)n2CC(=O)Nc2ccc(C(F)(F)F)cc2Cl)c1=O. The van der Waals surface area contributed by atoms with Gasteiger partial charge in [-0.05, 0) is 55.8 Å². The maximum Gasteiger partial charge on any atom is 0.416 e. The number of hydrogen-bond acceptors (Lipinski definition) is 4. The zero-order chi connectivity index (χ0) is 29.4. The average molecular weight is 572 g/mol. The number of para-hydroxylation sites is 2. The van der Waals surface area contributed by atoms with Gasteiger partial charge in [-0.1, -0.05) is 37.2 Å². The van der Waals surface area contributed by atoms with Gasteiger partial charge in [0.15, 0.2) is 0 Å². The van der Waals surface area contributed by atoms with Crippen molar-refractivity contribution >= 4 is 45.8 Å². The molecule has 0 spiro atoms. The largest absolute Gasteiger partial charge is 0.416 e. The minimum atomic E-state index is -4.57. The van der Waals surface area contributed by atoms with Gasteiger partial charge in [-0.15, -0.1) is 0 Å². The molecule has 12 heteroatoms. The number of anilines is 2. The van der Waals surface area contributed by atoms with Crippen molar-refractivity contribution in [2.45, 2.75) is 39.9 Å². The normalized spacial score (nSPS) is 11.5. The third-order valence-corrected chi connectivity index (χ3v) is 6.80. The van der Waals surface area contributed by atoms with Crippen LogP contribution in [0.4, 0.5) is 24.5 Å². The first-order valence-electron chi connectivity index (χ1n) is 12.2. The van der Waals surface area contributed by atoms with Crippen molar-refractivity contribution in [1.29, 1.82) is 0 Å². The summed E-state index contributed by atoms with van der Waals surface area (Å²) < 4.78 is 41.9. The fourth-order valence-electron chi connectivity index (χ4n) is 4.38. The summed E-state index contributed by atoms with van der Waals surface area (Å²) in [6.45, 7) is 8.50. The molecule has 40 heavy (non-hydrogen) atoms. The Kier molecular flexibility index (Phi) is 7.88. The van der Waals surface area contributed by atoms with Crippen LogP contribution in [0, 0.1) is 13.8 Å². The fraction of sp³-hybridized carbons (Fsp3) is 0.214. The number of fused-ring (bicyclic) bond motifs is 1. The minimum absolute atomic E-state index is 0.0215. The van der Waals surface area contributed by atoms with E-state index in [9.17, 15) is 27.6 Å². The number of aryl methyl sites for hydroxylation is 2. The predicted molar refractivity (Wildman–Crippen MR) is 148 cm³/mol. The molecule has 0 radical (unpaired) electrons. The second-order valence-electron chi connectivity index (χ2n) is 8.97. The summed E-state index contributed by atoms with van der Waals surface area (Å²) in [4.78, 5) is 43.6. The Morgan fingerprint density at radius 1 is 1.10 bits per heavy atom. The van der Waals surface area contributed by atoms with Crippen LogP contribution in [0.2, 0.25) is 5.02 Å². The Balaban J connectivity index is 1.77. The highest BCUT2D eigenvalue weighted by atomic mass is 35.5. The van der Waals surface area contributed by atoms with Gasteiger partial charge in [-0.25, -0.2) is 4.98 Å². The molecule has 0 atom stereocenters. The van der Waals surface area contributed by atoms with Crippen LogP contribution in [-0.2, 0) is 28.7 Å². The van der Waals surface area contributed by atoms with Gasteiger partial charge >= 0.3 is 6.18 Å². The number of carbonyl (C=O) groups is 2. The van der Waals surface area contributed by atoms with Crippen molar-refractivity contribution in [3.05, 3.63) is 93.1 Å². The van der Waals surface area contributed by atoms with E-state index in [1.807, 2.05) is 6.92 Å². The standard InChI is InChI=1S/C28H25ClF3N5O3/c1-5-22-35-26-25(27(40)37(22)21-10-8-7-9-20(21)34-23(38)6-2)15(3)16(4)36(26)14-24(39)33-19-12-11-17(13-18(19)29)28(30,31)32/h6-13H,2,5,14H2,1,3-4H3,(H,33,39)(H,34,38). The van der Waals surface area contributed by atoms with Crippen molar-refractivity contribution < 1.29 is 22.8 Å². The summed E-state index contributed by atoms with van der Waals surface area (Å²) in [6.07, 6.45) is -3.10. The van der Waals surface area contributed by atoms with E-state index in [0.717, 1.165) is 24.3 Å². The van der Waals surface area contributed by atoms with E-state index >= 15 is 0 Å². The third-order valence-electron chi connectivity index (χ3n) is 6.49. The molecule has 0 bridgehead atoms. The molecule has 0 aliphatic carbocycles. The van der Waals surface area contributed by atoms with E-state index in [4.69, 9.17) is 16.6 Å². The van der Waals surface area contributed by atoms with E-state index in [1.54, 1.807) is 42.7 Å². The number of carbonyl (C=O) groups excluding carboxylic acids is 2. The number of nitrogens with zero attached hydrogens (tertiary/aromatic N) is 3. The number of aromatic nitrogens is 3. The zero-order valence-corrected chi connectivity index (χ0v) is 22.6. The van der Waals surface area contributed by atoms with Crippen molar-refractivity contribution in [3.8, 4) is 5.69 Å². The highest BCUT2D eigenvalue weighted by Gasteiger charge is 2.31. The fourth-order valence-corrected chi connectivity index (χ4v) is 4.61. The lowest BCUT2D eigenvalue weighted by atomic mass is 10.2. The van der Waals surface area contributed by atoms with Crippen molar-refractivity contribution in [1.82, 2.24) is 14.1 Å². The molecule has 2 N–H and O–H groups in total. The highest BCUT2D eigenvalue weighted by molar-refractivity contribution is 6.33. The second kappa shape index (κ2) is 11.0. The molecule has 0 aliphatic rings. The van der Waals surface area contributed by atoms with E-state index in [1.165, 1.54) is 4.57 Å². The van der Waals surface area contributed by atoms with E-state index < -0.39 is 23.6 Å². The first-order valence-corrected chi connectivity index (χ1v) is 12.6. The van der Waals surface area contributed by atoms with Gasteiger partial charge in [0.25, 0.3) is 5.56 Å². The van der Waals surface area contributed by atoms with Crippen LogP contribution in [0.3, 0.4) is 0 Å². The Morgan fingerprint density at radius 3 is 2.42 bits per heavy atom. The van der Waals surface area contributed by atoms with Gasteiger partial charge in [0.1, 0.15) is 18.0 Å². The zero-order valence-electron chi connectivity index (χ0n) is 21.8. The molecule has 0 saturated carbocycles. The monoisotopic (exact) mass is 571 g/mol. The van der Waals surface area contributed by atoms with Crippen LogP contribution < -0.4 is 16.2 Å². The molecule has 208 valence electrons. The highest BCUT2D eigenvalue weighted by Crippen LogP contribution is 2.34. The maximum absolute atomic E-state index is 13.9. The van der Waals surface area contributed by atoms with Crippen LogP contribution in [-0.4, -0.2) is 25.9 Å². The molecule has 0 aliphatic heterocycles. The second-order valence-corrected chi connectivity index (χ2v) is 9.38.